The SMILES string of the molecule is CSc1ccccc1Oc1ccc(/C=C(\NC(=O)CCC2CCCC2)C(=O)[O-])cc1.[Na+]. The number of rotatable bonds is 9. The molecule has 1 fully saturated rings. The van der Waals surface area contributed by atoms with Crippen molar-refractivity contribution in [2.75, 3.05) is 6.26 Å². The van der Waals surface area contributed by atoms with E-state index in [4.69, 9.17) is 4.74 Å². The zero-order valence-corrected chi connectivity index (χ0v) is 20.9. The van der Waals surface area contributed by atoms with Gasteiger partial charge < -0.3 is 20.0 Å². The molecule has 1 aliphatic carbocycles. The Balaban J connectivity index is 0.00000341. The standard InChI is InChI=1S/C24H27NO4S.Na/c1-30-22-9-5-4-8-21(22)29-19-13-10-18(11-14-19)16-20(24(27)28)25-23(26)15-12-17-6-2-3-7-17;/h4-5,8-11,13-14,16-17H,2-3,6-7,12,15H2,1H3,(H,25,26)(H,27,28);/q;+1/p-1/b20-16-;. The maximum Gasteiger partial charge on any atom is 1.00 e. The number of thioether (sulfide) groups is 1. The van der Waals surface area contributed by atoms with Crippen LogP contribution in [-0.2, 0) is 9.59 Å². The number of nitrogens with one attached hydrogen (secondary N) is 1. The largest absolute Gasteiger partial charge is 1.00 e. The second-order valence-electron chi connectivity index (χ2n) is 7.40. The van der Waals surface area contributed by atoms with Gasteiger partial charge in [-0.25, -0.2) is 0 Å². The zero-order chi connectivity index (χ0) is 21.3. The molecule has 0 atom stereocenters. The van der Waals surface area contributed by atoms with Crippen LogP contribution >= 0.6 is 11.8 Å². The fraction of sp³-hybridized carbons (Fsp3) is 0.333. The van der Waals surface area contributed by atoms with Gasteiger partial charge in [-0.05, 0) is 54.5 Å². The number of carbonyl (C=O) groups is 2. The number of carboxylic acids is 1. The van der Waals surface area contributed by atoms with Crippen molar-refractivity contribution in [1.29, 1.82) is 0 Å². The molecule has 1 amide bonds. The Kier molecular flexibility index (Phi) is 10.7. The number of para-hydroxylation sites is 1. The molecule has 5 nitrogen and oxygen atoms in total. The van der Waals surface area contributed by atoms with Crippen LogP contribution in [0.1, 0.15) is 44.1 Å². The first-order valence-corrected chi connectivity index (χ1v) is 11.4. The summed E-state index contributed by atoms with van der Waals surface area (Å²) in [5.41, 5.74) is 0.406. The minimum absolute atomic E-state index is 0. The first kappa shape index (κ1) is 25.5. The summed E-state index contributed by atoms with van der Waals surface area (Å²) in [4.78, 5) is 24.6. The van der Waals surface area contributed by atoms with E-state index in [-0.39, 0.29) is 41.2 Å². The van der Waals surface area contributed by atoms with Crippen molar-refractivity contribution in [3.05, 3.63) is 59.8 Å². The quantitative estimate of drug-likeness (QED) is 0.357. The minimum Gasteiger partial charge on any atom is -0.543 e. The van der Waals surface area contributed by atoms with Crippen molar-refractivity contribution in [2.45, 2.75) is 43.4 Å². The molecule has 0 heterocycles. The predicted molar refractivity (Wildman–Crippen MR) is 117 cm³/mol. The van der Waals surface area contributed by atoms with E-state index < -0.39 is 5.97 Å². The van der Waals surface area contributed by atoms with Crippen LogP contribution in [0, 0.1) is 5.92 Å². The number of hydrogen-bond acceptors (Lipinski definition) is 5. The molecule has 1 N–H and O–H groups in total. The Bertz CT molecular complexity index is 908. The topological polar surface area (TPSA) is 78.5 Å². The summed E-state index contributed by atoms with van der Waals surface area (Å²) in [5, 5.41) is 13.9. The van der Waals surface area contributed by atoms with Gasteiger partial charge in [-0.1, -0.05) is 49.9 Å². The van der Waals surface area contributed by atoms with Crippen molar-refractivity contribution in [2.24, 2.45) is 5.92 Å². The van der Waals surface area contributed by atoms with Crippen LogP contribution in [0.2, 0.25) is 0 Å². The number of ether oxygens (including phenoxy) is 1. The van der Waals surface area contributed by atoms with E-state index in [1.807, 2.05) is 30.5 Å². The molecule has 0 saturated heterocycles. The summed E-state index contributed by atoms with van der Waals surface area (Å²) >= 11 is 1.60. The molecular weight excluding hydrogens is 421 g/mol. The van der Waals surface area contributed by atoms with Gasteiger partial charge in [0.1, 0.15) is 11.5 Å². The van der Waals surface area contributed by atoms with Gasteiger partial charge in [-0.15, -0.1) is 11.8 Å². The third-order valence-corrected chi connectivity index (χ3v) is 6.01. The number of amides is 1. The van der Waals surface area contributed by atoms with Crippen LogP contribution in [0.4, 0.5) is 0 Å². The van der Waals surface area contributed by atoms with E-state index in [9.17, 15) is 14.7 Å². The van der Waals surface area contributed by atoms with E-state index in [1.165, 1.54) is 18.9 Å². The maximum absolute atomic E-state index is 12.2. The fourth-order valence-electron chi connectivity index (χ4n) is 3.62. The fourth-order valence-corrected chi connectivity index (χ4v) is 4.15. The first-order valence-electron chi connectivity index (χ1n) is 10.2. The molecule has 3 rings (SSSR count). The van der Waals surface area contributed by atoms with Crippen LogP contribution in [-0.4, -0.2) is 18.1 Å². The molecule has 2 aromatic carbocycles. The van der Waals surface area contributed by atoms with Crippen LogP contribution in [0.5, 0.6) is 11.5 Å². The van der Waals surface area contributed by atoms with Crippen molar-refractivity contribution < 1.29 is 49.0 Å². The molecule has 2 aromatic rings. The first-order chi connectivity index (χ1) is 14.5. The molecule has 7 heteroatoms. The summed E-state index contributed by atoms with van der Waals surface area (Å²) in [6.45, 7) is 0. The van der Waals surface area contributed by atoms with Gasteiger partial charge >= 0.3 is 29.6 Å². The molecule has 0 spiro atoms. The Labute approximate surface area is 209 Å². The number of aliphatic carboxylic acids is 1. The van der Waals surface area contributed by atoms with Crippen molar-refractivity contribution in [3.63, 3.8) is 0 Å². The Morgan fingerprint density at radius 3 is 2.45 bits per heavy atom. The van der Waals surface area contributed by atoms with E-state index in [2.05, 4.69) is 5.32 Å². The Morgan fingerprint density at radius 1 is 1.13 bits per heavy atom. The van der Waals surface area contributed by atoms with Gasteiger partial charge in [-0.3, -0.25) is 4.79 Å². The Hall–Kier alpha value is -1.73. The van der Waals surface area contributed by atoms with Gasteiger partial charge in [0.2, 0.25) is 5.91 Å². The van der Waals surface area contributed by atoms with Gasteiger partial charge in [0, 0.05) is 11.3 Å². The van der Waals surface area contributed by atoms with E-state index in [0.717, 1.165) is 29.9 Å². The second-order valence-corrected chi connectivity index (χ2v) is 8.25. The summed E-state index contributed by atoms with van der Waals surface area (Å²) in [6, 6.07) is 14.8. The number of hydrogen-bond donors (Lipinski definition) is 1. The summed E-state index contributed by atoms with van der Waals surface area (Å²) in [6.07, 6.45) is 9.28. The average molecular weight is 448 g/mol. The molecule has 31 heavy (non-hydrogen) atoms. The summed E-state index contributed by atoms with van der Waals surface area (Å²) in [5.74, 6) is 0.293. The molecule has 1 aliphatic rings. The minimum atomic E-state index is -1.40. The zero-order valence-electron chi connectivity index (χ0n) is 18.1. The molecule has 0 aromatic heterocycles. The molecule has 0 bridgehead atoms. The molecular formula is C24H26NNaO4S. The normalized spacial score (nSPS) is 14.0. The van der Waals surface area contributed by atoms with Gasteiger partial charge in [-0.2, -0.15) is 0 Å². The third kappa shape index (κ3) is 8.04. The van der Waals surface area contributed by atoms with E-state index in [1.54, 1.807) is 36.0 Å². The van der Waals surface area contributed by atoms with Gasteiger partial charge in [0.25, 0.3) is 0 Å². The van der Waals surface area contributed by atoms with Gasteiger partial charge in [0.05, 0.1) is 11.7 Å². The van der Waals surface area contributed by atoms with Gasteiger partial charge in [0.15, 0.2) is 0 Å². The predicted octanol–water partition coefficient (Wildman–Crippen LogP) is 1.38. The van der Waals surface area contributed by atoms with E-state index >= 15 is 0 Å². The summed E-state index contributed by atoms with van der Waals surface area (Å²) < 4.78 is 5.91. The molecule has 0 radical (unpaired) electrons. The summed E-state index contributed by atoms with van der Waals surface area (Å²) in [7, 11) is 0. The number of carbonyl (C=O) groups excluding carboxylic acids is 2. The third-order valence-electron chi connectivity index (χ3n) is 5.24. The molecule has 0 aliphatic heterocycles. The number of carboxylic acid groups (broad SMARTS) is 1. The number of benzene rings is 2. The van der Waals surface area contributed by atoms with Crippen LogP contribution in [0.3, 0.4) is 0 Å². The maximum atomic E-state index is 12.2. The van der Waals surface area contributed by atoms with Crippen molar-refractivity contribution in [3.8, 4) is 11.5 Å². The van der Waals surface area contributed by atoms with Crippen LogP contribution in [0.25, 0.3) is 6.08 Å². The van der Waals surface area contributed by atoms with Crippen LogP contribution < -0.4 is 44.7 Å². The smallest absolute Gasteiger partial charge is 0.543 e. The Morgan fingerprint density at radius 2 is 1.81 bits per heavy atom. The van der Waals surface area contributed by atoms with E-state index in [0.29, 0.717) is 23.7 Å². The molecule has 1 saturated carbocycles. The second kappa shape index (κ2) is 13.0. The van der Waals surface area contributed by atoms with Crippen LogP contribution in [0.15, 0.2) is 59.1 Å². The molecule has 158 valence electrons. The monoisotopic (exact) mass is 447 g/mol. The molecule has 0 unspecified atom stereocenters. The average Bonchev–Trinajstić information content (AvgIpc) is 3.27. The van der Waals surface area contributed by atoms with Crippen molar-refractivity contribution in [1.82, 2.24) is 5.32 Å². The van der Waals surface area contributed by atoms with Crippen molar-refractivity contribution >= 4 is 29.7 Å².